The van der Waals surface area contributed by atoms with Crippen molar-refractivity contribution in [1.82, 2.24) is 0 Å². The van der Waals surface area contributed by atoms with Gasteiger partial charge in [0.05, 0.1) is 5.56 Å². The maximum Gasteiger partial charge on any atom is 0.250 e. The van der Waals surface area contributed by atoms with E-state index in [4.69, 9.17) is 11.5 Å². The highest BCUT2D eigenvalue weighted by Gasteiger charge is 2.12. The Morgan fingerprint density at radius 2 is 2.19 bits per heavy atom. The normalized spacial score (nSPS) is 10.2. The van der Waals surface area contributed by atoms with E-state index in [1.54, 1.807) is 6.07 Å². The summed E-state index contributed by atoms with van der Waals surface area (Å²) < 4.78 is 13.0. The predicted molar refractivity (Wildman–Crippen MR) is 61.9 cm³/mol. The molecule has 1 aromatic carbocycles. The summed E-state index contributed by atoms with van der Waals surface area (Å²) in [7, 11) is 1.81. The molecular formula is C11H16FN3O. The molecule has 0 aliphatic rings. The Balaban J connectivity index is 2.98. The van der Waals surface area contributed by atoms with Gasteiger partial charge in [0, 0.05) is 19.3 Å². The third-order valence-corrected chi connectivity index (χ3v) is 2.33. The molecule has 5 heteroatoms. The van der Waals surface area contributed by atoms with E-state index in [9.17, 15) is 9.18 Å². The van der Waals surface area contributed by atoms with E-state index in [0.29, 0.717) is 18.8 Å². The van der Waals surface area contributed by atoms with E-state index in [0.717, 1.165) is 12.5 Å². The van der Waals surface area contributed by atoms with E-state index in [1.165, 1.54) is 6.07 Å². The molecule has 0 aliphatic heterocycles. The summed E-state index contributed by atoms with van der Waals surface area (Å²) in [5.41, 5.74) is 11.4. The van der Waals surface area contributed by atoms with Gasteiger partial charge in [-0.15, -0.1) is 0 Å². The summed E-state index contributed by atoms with van der Waals surface area (Å²) in [5.74, 6) is -1.10. The van der Waals surface area contributed by atoms with Crippen molar-refractivity contribution >= 4 is 11.6 Å². The largest absolute Gasteiger partial charge is 0.374 e. The molecule has 1 aromatic rings. The number of rotatable bonds is 5. The molecule has 0 spiro atoms. The van der Waals surface area contributed by atoms with Gasteiger partial charge < -0.3 is 16.4 Å². The number of halogens is 1. The minimum Gasteiger partial charge on any atom is -0.374 e. The molecule has 0 radical (unpaired) electrons. The molecule has 0 aromatic heterocycles. The summed E-state index contributed by atoms with van der Waals surface area (Å²) in [6.07, 6.45) is 0.798. The number of nitrogens with zero attached hydrogens (tertiary/aromatic N) is 1. The van der Waals surface area contributed by atoms with Crippen LogP contribution in [0, 0.1) is 5.82 Å². The number of carbonyl (C=O) groups is 1. The van der Waals surface area contributed by atoms with Gasteiger partial charge in [-0.2, -0.15) is 0 Å². The Hall–Kier alpha value is -1.62. The average Bonchev–Trinajstić information content (AvgIpc) is 2.25. The Labute approximate surface area is 94.0 Å². The highest BCUT2D eigenvalue weighted by atomic mass is 19.1. The van der Waals surface area contributed by atoms with Crippen LogP contribution in [0.4, 0.5) is 10.1 Å². The lowest BCUT2D eigenvalue weighted by atomic mass is 10.1. The first-order valence-electron chi connectivity index (χ1n) is 5.07. The molecule has 0 bridgehead atoms. The van der Waals surface area contributed by atoms with Crippen molar-refractivity contribution in [2.45, 2.75) is 6.42 Å². The number of hydrogen-bond donors (Lipinski definition) is 2. The third-order valence-electron chi connectivity index (χ3n) is 2.33. The Kier molecular flexibility index (Phi) is 4.25. The second-order valence-electron chi connectivity index (χ2n) is 3.59. The molecule has 0 fully saturated rings. The molecular weight excluding hydrogens is 209 g/mol. The van der Waals surface area contributed by atoms with Crippen molar-refractivity contribution in [2.24, 2.45) is 11.5 Å². The minimum atomic E-state index is -0.630. The van der Waals surface area contributed by atoms with Crippen LogP contribution >= 0.6 is 0 Å². The van der Waals surface area contributed by atoms with Crippen LogP contribution < -0.4 is 16.4 Å². The van der Waals surface area contributed by atoms with Crippen LogP contribution in [-0.4, -0.2) is 26.0 Å². The fourth-order valence-electron chi connectivity index (χ4n) is 1.49. The van der Waals surface area contributed by atoms with Gasteiger partial charge in [0.2, 0.25) is 0 Å². The summed E-state index contributed by atoms with van der Waals surface area (Å²) in [6, 6.07) is 4.00. The van der Waals surface area contributed by atoms with Gasteiger partial charge >= 0.3 is 0 Å². The molecule has 1 amide bonds. The SMILES string of the molecule is CN(CCCN)c1ccc(F)cc1C(N)=O. The van der Waals surface area contributed by atoms with Crippen molar-refractivity contribution in [3.63, 3.8) is 0 Å². The topological polar surface area (TPSA) is 72.3 Å². The van der Waals surface area contributed by atoms with E-state index in [2.05, 4.69) is 0 Å². The van der Waals surface area contributed by atoms with E-state index in [-0.39, 0.29) is 5.56 Å². The van der Waals surface area contributed by atoms with Gasteiger partial charge in [-0.1, -0.05) is 0 Å². The van der Waals surface area contributed by atoms with Crippen LogP contribution in [0.2, 0.25) is 0 Å². The molecule has 0 atom stereocenters. The monoisotopic (exact) mass is 225 g/mol. The number of anilines is 1. The molecule has 0 aliphatic carbocycles. The van der Waals surface area contributed by atoms with Gasteiger partial charge in [0.1, 0.15) is 5.82 Å². The van der Waals surface area contributed by atoms with Crippen LogP contribution in [0.25, 0.3) is 0 Å². The zero-order valence-electron chi connectivity index (χ0n) is 9.24. The van der Waals surface area contributed by atoms with Crippen LogP contribution in [0.15, 0.2) is 18.2 Å². The zero-order valence-corrected chi connectivity index (χ0v) is 9.24. The van der Waals surface area contributed by atoms with Gasteiger partial charge in [0.15, 0.2) is 0 Å². The van der Waals surface area contributed by atoms with Crippen molar-refractivity contribution < 1.29 is 9.18 Å². The van der Waals surface area contributed by atoms with Crippen molar-refractivity contribution in [3.05, 3.63) is 29.6 Å². The smallest absolute Gasteiger partial charge is 0.250 e. The standard InChI is InChI=1S/C11H16FN3O/c1-15(6-2-5-13)10-4-3-8(12)7-9(10)11(14)16/h3-4,7H,2,5-6,13H2,1H3,(H2,14,16). The maximum atomic E-state index is 13.0. The summed E-state index contributed by atoms with van der Waals surface area (Å²) in [6.45, 7) is 1.26. The number of amides is 1. The molecule has 16 heavy (non-hydrogen) atoms. The molecule has 1 rings (SSSR count). The van der Waals surface area contributed by atoms with E-state index < -0.39 is 11.7 Å². The average molecular weight is 225 g/mol. The number of primary amides is 1. The van der Waals surface area contributed by atoms with Crippen LogP contribution in [0.3, 0.4) is 0 Å². The molecule has 88 valence electrons. The van der Waals surface area contributed by atoms with Crippen molar-refractivity contribution in [3.8, 4) is 0 Å². The van der Waals surface area contributed by atoms with Crippen LogP contribution in [-0.2, 0) is 0 Å². The lowest BCUT2D eigenvalue weighted by molar-refractivity contribution is 0.100. The maximum absolute atomic E-state index is 13.0. The summed E-state index contributed by atoms with van der Waals surface area (Å²) in [5, 5.41) is 0. The molecule has 0 heterocycles. The number of benzene rings is 1. The predicted octanol–water partition coefficient (Wildman–Crippen LogP) is 0.710. The molecule has 0 unspecified atom stereocenters. The molecule has 4 N–H and O–H groups in total. The highest BCUT2D eigenvalue weighted by Crippen LogP contribution is 2.20. The molecule has 4 nitrogen and oxygen atoms in total. The highest BCUT2D eigenvalue weighted by molar-refractivity contribution is 5.98. The molecule has 0 saturated heterocycles. The first kappa shape index (κ1) is 12.4. The quantitative estimate of drug-likeness (QED) is 0.775. The van der Waals surface area contributed by atoms with Gasteiger partial charge in [-0.05, 0) is 31.2 Å². The second kappa shape index (κ2) is 5.46. The zero-order chi connectivity index (χ0) is 12.1. The van der Waals surface area contributed by atoms with Crippen molar-refractivity contribution in [1.29, 1.82) is 0 Å². The lowest BCUT2D eigenvalue weighted by Crippen LogP contribution is -2.24. The number of nitrogens with two attached hydrogens (primary N) is 2. The Morgan fingerprint density at radius 1 is 1.50 bits per heavy atom. The van der Waals surface area contributed by atoms with Crippen LogP contribution in [0.5, 0.6) is 0 Å². The molecule has 0 saturated carbocycles. The van der Waals surface area contributed by atoms with Gasteiger partial charge in [-0.3, -0.25) is 4.79 Å². The van der Waals surface area contributed by atoms with E-state index >= 15 is 0 Å². The van der Waals surface area contributed by atoms with Gasteiger partial charge in [0.25, 0.3) is 5.91 Å². The fraction of sp³-hybridized carbons (Fsp3) is 0.364. The van der Waals surface area contributed by atoms with E-state index in [1.807, 2.05) is 11.9 Å². The summed E-state index contributed by atoms with van der Waals surface area (Å²) >= 11 is 0. The first-order chi connectivity index (χ1) is 7.56. The number of carbonyl (C=O) groups excluding carboxylic acids is 1. The first-order valence-corrected chi connectivity index (χ1v) is 5.07. The lowest BCUT2D eigenvalue weighted by Gasteiger charge is -2.21. The minimum absolute atomic E-state index is 0.194. The number of hydrogen-bond acceptors (Lipinski definition) is 3. The Morgan fingerprint density at radius 3 is 2.75 bits per heavy atom. The van der Waals surface area contributed by atoms with Crippen molar-refractivity contribution in [2.75, 3.05) is 25.0 Å². The van der Waals surface area contributed by atoms with Crippen LogP contribution in [0.1, 0.15) is 16.8 Å². The summed E-state index contributed by atoms with van der Waals surface area (Å²) in [4.78, 5) is 13.0. The Bertz CT molecular complexity index is 381. The third kappa shape index (κ3) is 2.93. The van der Waals surface area contributed by atoms with Gasteiger partial charge in [-0.25, -0.2) is 4.39 Å². The second-order valence-corrected chi connectivity index (χ2v) is 3.59. The fourth-order valence-corrected chi connectivity index (χ4v) is 1.49.